The molecule has 1 saturated carbocycles. The van der Waals surface area contributed by atoms with Gasteiger partial charge >= 0.3 is 0 Å². The Morgan fingerprint density at radius 3 is 2.89 bits per heavy atom. The van der Waals surface area contributed by atoms with Crippen molar-refractivity contribution in [1.82, 2.24) is 5.32 Å². The molecular formula is C17H25N. The van der Waals surface area contributed by atoms with Crippen LogP contribution in [0.5, 0.6) is 0 Å². The van der Waals surface area contributed by atoms with Crippen LogP contribution in [0, 0.1) is 11.8 Å². The van der Waals surface area contributed by atoms with E-state index in [1.54, 1.807) is 11.1 Å². The standard InChI is InChI=1S/C17H25N/c1-13-5-4-6-14(9-13)11-18-12-16-10-15-7-2-3-8-17(15)16/h2-3,7-8,13-14,16,18H,4-6,9-12H2,1H3. The lowest BCUT2D eigenvalue weighted by molar-refractivity contribution is 0.272. The van der Waals surface area contributed by atoms with E-state index in [-0.39, 0.29) is 0 Å². The van der Waals surface area contributed by atoms with E-state index in [1.807, 2.05) is 0 Å². The summed E-state index contributed by atoms with van der Waals surface area (Å²) >= 11 is 0. The molecule has 0 amide bonds. The van der Waals surface area contributed by atoms with Gasteiger partial charge in [-0.05, 0) is 48.8 Å². The molecule has 0 saturated heterocycles. The first-order valence-corrected chi connectivity index (χ1v) is 7.61. The zero-order chi connectivity index (χ0) is 12.4. The van der Waals surface area contributed by atoms with Gasteiger partial charge in [0.2, 0.25) is 0 Å². The fourth-order valence-corrected chi connectivity index (χ4v) is 3.75. The Bertz CT molecular complexity index is 398. The van der Waals surface area contributed by atoms with Crippen LogP contribution in [0.2, 0.25) is 0 Å². The van der Waals surface area contributed by atoms with Gasteiger partial charge in [0.25, 0.3) is 0 Å². The van der Waals surface area contributed by atoms with E-state index in [0.29, 0.717) is 0 Å². The highest BCUT2D eigenvalue weighted by atomic mass is 14.9. The molecule has 1 fully saturated rings. The fourth-order valence-electron chi connectivity index (χ4n) is 3.75. The van der Waals surface area contributed by atoms with Gasteiger partial charge in [0.05, 0.1) is 0 Å². The molecule has 0 radical (unpaired) electrons. The van der Waals surface area contributed by atoms with Crippen LogP contribution in [-0.4, -0.2) is 13.1 Å². The highest BCUT2D eigenvalue weighted by Gasteiger charge is 2.25. The predicted molar refractivity (Wildman–Crippen MR) is 76.9 cm³/mol. The number of fused-ring (bicyclic) bond motifs is 1. The van der Waals surface area contributed by atoms with Crippen molar-refractivity contribution in [2.75, 3.05) is 13.1 Å². The van der Waals surface area contributed by atoms with Crippen molar-refractivity contribution in [1.29, 1.82) is 0 Å². The molecule has 3 unspecified atom stereocenters. The van der Waals surface area contributed by atoms with Crippen molar-refractivity contribution in [3.8, 4) is 0 Å². The quantitative estimate of drug-likeness (QED) is 0.849. The minimum atomic E-state index is 0.780. The van der Waals surface area contributed by atoms with Crippen molar-refractivity contribution < 1.29 is 0 Å². The van der Waals surface area contributed by atoms with Gasteiger partial charge in [-0.3, -0.25) is 0 Å². The molecule has 0 heterocycles. The van der Waals surface area contributed by atoms with Crippen LogP contribution in [0.4, 0.5) is 0 Å². The second kappa shape index (κ2) is 5.44. The van der Waals surface area contributed by atoms with Crippen molar-refractivity contribution in [3.63, 3.8) is 0 Å². The summed E-state index contributed by atoms with van der Waals surface area (Å²) in [7, 11) is 0. The predicted octanol–water partition coefficient (Wildman–Crippen LogP) is 3.74. The van der Waals surface area contributed by atoms with Crippen molar-refractivity contribution >= 4 is 0 Å². The third-order valence-corrected chi connectivity index (χ3v) is 4.83. The van der Waals surface area contributed by atoms with E-state index in [0.717, 1.165) is 17.8 Å². The molecule has 1 heteroatoms. The molecule has 0 aromatic heterocycles. The maximum atomic E-state index is 3.72. The Kier molecular flexibility index (Phi) is 3.69. The van der Waals surface area contributed by atoms with Gasteiger partial charge in [-0.15, -0.1) is 0 Å². The topological polar surface area (TPSA) is 12.0 Å². The molecule has 3 rings (SSSR count). The monoisotopic (exact) mass is 243 g/mol. The number of hydrogen-bond donors (Lipinski definition) is 1. The molecule has 0 bridgehead atoms. The summed E-state index contributed by atoms with van der Waals surface area (Å²) in [6.07, 6.45) is 7.06. The van der Waals surface area contributed by atoms with Gasteiger partial charge in [-0.1, -0.05) is 44.0 Å². The number of rotatable bonds is 4. The summed E-state index contributed by atoms with van der Waals surface area (Å²) in [6, 6.07) is 8.90. The summed E-state index contributed by atoms with van der Waals surface area (Å²) in [5.41, 5.74) is 3.15. The Balaban J connectivity index is 1.41. The Hall–Kier alpha value is -0.820. The van der Waals surface area contributed by atoms with Gasteiger partial charge in [0.15, 0.2) is 0 Å². The number of hydrogen-bond acceptors (Lipinski definition) is 1. The molecule has 2 aliphatic rings. The van der Waals surface area contributed by atoms with Gasteiger partial charge < -0.3 is 5.32 Å². The molecule has 1 N–H and O–H groups in total. The maximum Gasteiger partial charge on any atom is 0.00235 e. The zero-order valence-electron chi connectivity index (χ0n) is 11.5. The summed E-state index contributed by atoms with van der Waals surface area (Å²) in [5, 5.41) is 3.72. The third kappa shape index (κ3) is 2.61. The van der Waals surface area contributed by atoms with E-state index >= 15 is 0 Å². The van der Waals surface area contributed by atoms with Crippen molar-refractivity contribution in [2.24, 2.45) is 11.8 Å². The van der Waals surface area contributed by atoms with Crippen molar-refractivity contribution in [3.05, 3.63) is 35.4 Å². The molecule has 1 aromatic carbocycles. The van der Waals surface area contributed by atoms with Crippen molar-refractivity contribution in [2.45, 2.75) is 44.9 Å². The molecule has 0 aliphatic heterocycles. The lowest BCUT2D eigenvalue weighted by Crippen LogP contribution is -2.33. The zero-order valence-corrected chi connectivity index (χ0v) is 11.5. The molecule has 0 spiro atoms. The molecule has 98 valence electrons. The first-order valence-electron chi connectivity index (χ1n) is 7.61. The van der Waals surface area contributed by atoms with E-state index in [4.69, 9.17) is 0 Å². The second-order valence-electron chi connectivity index (χ2n) is 6.40. The van der Waals surface area contributed by atoms with Gasteiger partial charge in [0.1, 0.15) is 0 Å². The van der Waals surface area contributed by atoms with Crippen LogP contribution >= 0.6 is 0 Å². The molecule has 3 atom stereocenters. The van der Waals surface area contributed by atoms with Crippen LogP contribution in [0.15, 0.2) is 24.3 Å². The third-order valence-electron chi connectivity index (χ3n) is 4.83. The van der Waals surface area contributed by atoms with E-state index < -0.39 is 0 Å². The van der Waals surface area contributed by atoms with Crippen LogP contribution in [-0.2, 0) is 6.42 Å². The normalized spacial score (nSPS) is 30.6. The average molecular weight is 243 g/mol. The van der Waals surface area contributed by atoms with Crippen LogP contribution < -0.4 is 5.32 Å². The second-order valence-corrected chi connectivity index (χ2v) is 6.40. The first-order chi connectivity index (χ1) is 8.83. The summed E-state index contributed by atoms with van der Waals surface area (Å²) in [5.74, 6) is 2.67. The Labute approximate surface area is 111 Å². The Morgan fingerprint density at radius 2 is 2.06 bits per heavy atom. The van der Waals surface area contributed by atoms with E-state index in [1.165, 1.54) is 45.2 Å². The highest BCUT2D eigenvalue weighted by Crippen LogP contribution is 2.34. The summed E-state index contributed by atoms with van der Waals surface area (Å²) in [6.45, 7) is 4.83. The summed E-state index contributed by atoms with van der Waals surface area (Å²) < 4.78 is 0. The molecule has 18 heavy (non-hydrogen) atoms. The van der Waals surface area contributed by atoms with E-state index in [9.17, 15) is 0 Å². The summed E-state index contributed by atoms with van der Waals surface area (Å²) in [4.78, 5) is 0. The average Bonchev–Trinajstić information content (AvgIpc) is 2.35. The first kappa shape index (κ1) is 12.2. The molecular weight excluding hydrogens is 218 g/mol. The SMILES string of the molecule is CC1CCCC(CNCC2Cc3ccccc32)C1. The minimum absolute atomic E-state index is 0.780. The number of nitrogens with one attached hydrogen (secondary N) is 1. The van der Waals surface area contributed by atoms with Gasteiger partial charge in [-0.25, -0.2) is 0 Å². The Morgan fingerprint density at radius 1 is 1.17 bits per heavy atom. The maximum absolute atomic E-state index is 3.72. The molecule has 1 nitrogen and oxygen atoms in total. The largest absolute Gasteiger partial charge is 0.316 e. The van der Waals surface area contributed by atoms with Crippen LogP contribution in [0.1, 0.15) is 49.7 Å². The van der Waals surface area contributed by atoms with Gasteiger partial charge in [-0.2, -0.15) is 0 Å². The van der Waals surface area contributed by atoms with Crippen LogP contribution in [0.3, 0.4) is 0 Å². The fraction of sp³-hybridized carbons (Fsp3) is 0.647. The minimum Gasteiger partial charge on any atom is -0.316 e. The smallest absolute Gasteiger partial charge is 0.00235 e. The molecule has 1 aromatic rings. The van der Waals surface area contributed by atoms with Gasteiger partial charge in [0, 0.05) is 12.5 Å². The van der Waals surface area contributed by atoms with Crippen LogP contribution in [0.25, 0.3) is 0 Å². The van der Waals surface area contributed by atoms with E-state index in [2.05, 4.69) is 36.5 Å². The molecule has 2 aliphatic carbocycles. The lowest BCUT2D eigenvalue weighted by atomic mass is 9.77. The highest BCUT2D eigenvalue weighted by molar-refractivity contribution is 5.40. The number of benzene rings is 1. The lowest BCUT2D eigenvalue weighted by Gasteiger charge is -2.32.